The molecule has 2 atom stereocenters. The first kappa shape index (κ1) is 25.5. The Bertz CT molecular complexity index is 1270. The first-order chi connectivity index (χ1) is 17.3. The quantitative estimate of drug-likeness (QED) is 0.252. The van der Waals surface area contributed by atoms with E-state index in [9.17, 15) is 24.3 Å². The molecule has 3 aromatic rings. The zero-order valence-electron chi connectivity index (χ0n) is 19.0. The van der Waals surface area contributed by atoms with Gasteiger partial charge in [0.2, 0.25) is 5.91 Å². The second-order valence-corrected chi connectivity index (χ2v) is 9.82. The topological polar surface area (TPSA) is 118 Å². The summed E-state index contributed by atoms with van der Waals surface area (Å²) in [4.78, 5) is 60.3. The van der Waals surface area contributed by atoms with Crippen molar-refractivity contribution in [3.8, 4) is 0 Å². The fraction of sp³-hybridized carbons (Fsp3) is 0.231. The van der Waals surface area contributed by atoms with Crippen LogP contribution in [-0.4, -0.2) is 61.3 Å². The van der Waals surface area contributed by atoms with Gasteiger partial charge in [-0.05, 0) is 37.1 Å². The molecule has 1 N–H and O–H groups in total. The molecule has 184 valence electrons. The molecular weight excluding hydrogens is 502 g/mol. The van der Waals surface area contributed by atoms with E-state index in [1.165, 1.54) is 17.3 Å². The molecule has 8 nitrogen and oxygen atoms in total. The monoisotopic (exact) mass is 523 g/mol. The van der Waals surface area contributed by atoms with Crippen molar-refractivity contribution in [1.82, 2.24) is 14.9 Å². The molecular formula is C26H22ClN3O5S. The summed E-state index contributed by atoms with van der Waals surface area (Å²) in [5, 5.41) is 9.23. The Morgan fingerprint density at radius 3 is 2.28 bits per heavy atom. The summed E-state index contributed by atoms with van der Waals surface area (Å²) in [6.45, 7) is 0.328. The number of benzene rings is 2. The molecule has 1 aliphatic heterocycles. The first-order valence-corrected chi connectivity index (χ1v) is 12.5. The molecule has 1 aliphatic rings. The van der Waals surface area contributed by atoms with Crippen molar-refractivity contribution < 1.29 is 24.3 Å². The van der Waals surface area contributed by atoms with E-state index in [-0.39, 0.29) is 23.1 Å². The smallest absolute Gasteiger partial charge is 0.326 e. The van der Waals surface area contributed by atoms with Crippen molar-refractivity contribution in [2.75, 3.05) is 6.54 Å². The number of carboxylic acids is 1. The minimum absolute atomic E-state index is 0.218. The number of likely N-dealkylation sites (tertiary alicyclic amines) is 1. The number of halogens is 1. The number of amides is 1. The first-order valence-electron chi connectivity index (χ1n) is 11.2. The van der Waals surface area contributed by atoms with E-state index < -0.39 is 23.2 Å². The summed E-state index contributed by atoms with van der Waals surface area (Å²) in [6, 6.07) is 14.1. The molecule has 0 spiro atoms. The zero-order chi connectivity index (χ0) is 25.7. The number of carbonyl (C=O) groups is 4. The van der Waals surface area contributed by atoms with Crippen LogP contribution in [0.2, 0.25) is 5.02 Å². The van der Waals surface area contributed by atoms with E-state index >= 15 is 0 Å². The molecule has 1 amide bonds. The highest BCUT2D eigenvalue weighted by Crippen LogP contribution is 2.28. The minimum Gasteiger partial charge on any atom is -0.480 e. The van der Waals surface area contributed by atoms with Gasteiger partial charge in [-0.3, -0.25) is 14.4 Å². The summed E-state index contributed by atoms with van der Waals surface area (Å²) in [5.41, 5.74) is 1.15. The lowest BCUT2D eigenvalue weighted by atomic mass is 10.1. The Labute approximate surface area is 216 Å². The standard InChI is InChI=1S/C26H22ClN3O5S/c27-19-10-8-17(9-11-19)24(33)21(13-22(31)30-12-4-7-20(30)25(34)35)36-26-28-14-18(15-29-26)23(32)16-5-2-1-3-6-16/h1-3,5-6,8-11,14-15,20-21H,4,7,12-13H2,(H,34,35)/t20-,21?/m0/s1. The largest absolute Gasteiger partial charge is 0.480 e. The number of rotatable bonds is 9. The molecule has 2 aromatic carbocycles. The number of thioether (sulfide) groups is 1. The lowest BCUT2D eigenvalue weighted by Gasteiger charge is -2.23. The second kappa shape index (κ2) is 11.5. The summed E-state index contributed by atoms with van der Waals surface area (Å²) in [5.74, 6) is -2.04. The Morgan fingerprint density at radius 2 is 1.64 bits per heavy atom. The van der Waals surface area contributed by atoms with Gasteiger partial charge in [0.05, 0.1) is 10.8 Å². The highest BCUT2D eigenvalue weighted by atomic mass is 35.5. The summed E-state index contributed by atoms with van der Waals surface area (Å²) < 4.78 is 0. The molecule has 1 saturated heterocycles. The second-order valence-electron chi connectivity index (χ2n) is 8.21. The summed E-state index contributed by atoms with van der Waals surface area (Å²) >= 11 is 6.94. The van der Waals surface area contributed by atoms with Gasteiger partial charge in [-0.15, -0.1) is 0 Å². The third-order valence-electron chi connectivity index (χ3n) is 5.81. The average molecular weight is 524 g/mol. The third kappa shape index (κ3) is 5.98. The molecule has 10 heteroatoms. The van der Waals surface area contributed by atoms with Gasteiger partial charge in [0, 0.05) is 41.5 Å². The molecule has 1 unspecified atom stereocenters. The van der Waals surface area contributed by atoms with Gasteiger partial charge in [0.25, 0.3) is 0 Å². The molecule has 1 aromatic heterocycles. The third-order valence-corrected chi connectivity index (χ3v) is 7.15. The number of ketones is 2. The van der Waals surface area contributed by atoms with Gasteiger partial charge in [-0.2, -0.15) is 0 Å². The Kier molecular flexibility index (Phi) is 8.12. The lowest BCUT2D eigenvalue weighted by Crippen LogP contribution is -2.42. The number of hydrogen-bond donors (Lipinski definition) is 1. The maximum absolute atomic E-state index is 13.3. The van der Waals surface area contributed by atoms with Crippen molar-refractivity contribution >= 4 is 46.8 Å². The summed E-state index contributed by atoms with van der Waals surface area (Å²) in [7, 11) is 0. The molecule has 1 fully saturated rings. The SMILES string of the molecule is O=C(c1ccccc1)c1cnc(SC(CC(=O)N2CCC[C@H]2C(=O)O)C(=O)c2ccc(Cl)cc2)nc1. The van der Waals surface area contributed by atoms with E-state index in [1.54, 1.807) is 48.5 Å². The molecule has 2 heterocycles. The van der Waals surface area contributed by atoms with Gasteiger partial charge in [0.1, 0.15) is 6.04 Å². The number of nitrogens with zero attached hydrogens (tertiary/aromatic N) is 3. The fourth-order valence-electron chi connectivity index (χ4n) is 3.96. The number of Topliss-reactive ketones (excluding diaryl/α,β-unsaturated/α-hetero) is 1. The van der Waals surface area contributed by atoms with Crippen LogP contribution in [0.3, 0.4) is 0 Å². The van der Waals surface area contributed by atoms with Gasteiger partial charge in [-0.25, -0.2) is 14.8 Å². The molecule has 36 heavy (non-hydrogen) atoms. The highest BCUT2D eigenvalue weighted by Gasteiger charge is 2.36. The van der Waals surface area contributed by atoms with Crippen molar-refractivity contribution in [2.45, 2.75) is 35.7 Å². The fourth-order valence-corrected chi connectivity index (χ4v) is 5.04. The van der Waals surface area contributed by atoms with Crippen LogP contribution in [0.25, 0.3) is 0 Å². The molecule has 0 bridgehead atoms. The van der Waals surface area contributed by atoms with Crippen LogP contribution in [0.5, 0.6) is 0 Å². The van der Waals surface area contributed by atoms with Crippen LogP contribution < -0.4 is 0 Å². The van der Waals surface area contributed by atoms with Crippen LogP contribution in [0.1, 0.15) is 45.5 Å². The predicted octanol–water partition coefficient (Wildman–Crippen LogP) is 4.17. The number of aliphatic carboxylic acids is 1. The van der Waals surface area contributed by atoms with Crippen LogP contribution >= 0.6 is 23.4 Å². The van der Waals surface area contributed by atoms with Crippen molar-refractivity contribution in [3.05, 3.63) is 88.7 Å². The van der Waals surface area contributed by atoms with Crippen molar-refractivity contribution in [3.63, 3.8) is 0 Å². The van der Waals surface area contributed by atoms with Crippen LogP contribution in [0.15, 0.2) is 72.1 Å². The maximum Gasteiger partial charge on any atom is 0.326 e. The van der Waals surface area contributed by atoms with Crippen molar-refractivity contribution in [1.29, 1.82) is 0 Å². The lowest BCUT2D eigenvalue weighted by molar-refractivity contribution is -0.148. The normalized spacial score (nSPS) is 15.9. The number of hydrogen-bond acceptors (Lipinski definition) is 7. The van der Waals surface area contributed by atoms with Crippen molar-refractivity contribution in [2.24, 2.45) is 0 Å². The number of aromatic nitrogens is 2. The predicted molar refractivity (Wildman–Crippen MR) is 134 cm³/mol. The Hall–Kier alpha value is -3.56. The minimum atomic E-state index is -1.06. The molecule has 0 radical (unpaired) electrons. The van der Waals surface area contributed by atoms with E-state index in [0.717, 1.165) is 11.8 Å². The van der Waals surface area contributed by atoms with Crippen LogP contribution in [-0.2, 0) is 9.59 Å². The number of carbonyl (C=O) groups excluding carboxylic acids is 3. The Balaban J connectivity index is 1.55. The van der Waals surface area contributed by atoms with E-state index in [1.807, 2.05) is 6.07 Å². The van der Waals surface area contributed by atoms with E-state index in [2.05, 4.69) is 9.97 Å². The average Bonchev–Trinajstić information content (AvgIpc) is 3.40. The Morgan fingerprint density at radius 1 is 0.972 bits per heavy atom. The maximum atomic E-state index is 13.3. The molecule has 0 aliphatic carbocycles. The number of carboxylic acid groups (broad SMARTS) is 1. The highest BCUT2D eigenvalue weighted by molar-refractivity contribution is 8.00. The van der Waals surface area contributed by atoms with Crippen LogP contribution in [0, 0.1) is 0 Å². The van der Waals surface area contributed by atoms with E-state index in [0.29, 0.717) is 41.1 Å². The van der Waals surface area contributed by atoms with E-state index in [4.69, 9.17) is 11.6 Å². The van der Waals surface area contributed by atoms with Gasteiger partial charge in [0.15, 0.2) is 16.7 Å². The summed E-state index contributed by atoms with van der Waals surface area (Å²) in [6.07, 6.45) is 3.52. The zero-order valence-corrected chi connectivity index (χ0v) is 20.6. The van der Waals surface area contributed by atoms with Gasteiger partial charge in [-0.1, -0.05) is 53.7 Å². The molecule has 4 rings (SSSR count). The van der Waals surface area contributed by atoms with Crippen LogP contribution in [0.4, 0.5) is 0 Å². The molecule has 0 saturated carbocycles. The van der Waals surface area contributed by atoms with Gasteiger partial charge < -0.3 is 10.0 Å². The van der Waals surface area contributed by atoms with Gasteiger partial charge >= 0.3 is 5.97 Å².